The molecular weight excluding hydrogens is 346 g/mol. The van der Waals surface area contributed by atoms with E-state index in [0.29, 0.717) is 0 Å². The van der Waals surface area contributed by atoms with Gasteiger partial charge in [-0.2, -0.15) is 0 Å². The molecule has 0 bridgehead atoms. The highest BCUT2D eigenvalue weighted by molar-refractivity contribution is 9.10. The molecule has 1 nitrogen and oxygen atoms in total. The van der Waals surface area contributed by atoms with E-state index < -0.39 is 0 Å². The number of hydrogen-bond donors (Lipinski definition) is 1. The average molecular weight is 367 g/mol. The van der Waals surface area contributed by atoms with Crippen LogP contribution in [0, 0.1) is 13.8 Å². The van der Waals surface area contributed by atoms with Crippen LogP contribution in [0.4, 0.5) is 0 Å². The van der Waals surface area contributed by atoms with Gasteiger partial charge in [-0.15, -0.1) is 0 Å². The molecule has 0 amide bonds. The fourth-order valence-corrected chi connectivity index (χ4v) is 3.27. The monoisotopic (exact) mass is 365 g/mol. The van der Waals surface area contributed by atoms with Gasteiger partial charge >= 0.3 is 0 Å². The third-order valence-corrected chi connectivity index (χ3v) is 4.98. The van der Waals surface area contributed by atoms with Gasteiger partial charge in [-0.05, 0) is 61.2 Å². The molecular formula is C18H21BrClN. The summed E-state index contributed by atoms with van der Waals surface area (Å²) in [5.74, 6) is 0. The summed E-state index contributed by atoms with van der Waals surface area (Å²) in [6, 6.07) is 12.8. The van der Waals surface area contributed by atoms with Gasteiger partial charge in [0.25, 0.3) is 0 Å². The Hall–Kier alpha value is -0.830. The summed E-state index contributed by atoms with van der Waals surface area (Å²) < 4.78 is 1.16. The van der Waals surface area contributed by atoms with Crippen LogP contribution < -0.4 is 5.32 Å². The molecule has 1 unspecified atom stereocenters. The van der Waals surface area contributed by atoms with Crippen LogP contribution >= 0.6 is 27.5 Å². The molecule has 0 aromatic heterocycles. The summed E-state index contributed by atoms with van der Waals surface area (Å²) in [7, 11) is 0. The first-order chi connectivity index (χ1) is 10.0. The first kappa shape index (κ1) is 16.5. The molecule has 21 heavy (non-hydrogen) atoms. The number of halogens is 2. The first-order valence-electron chi connectivity index (χ1n) is 7.26. The van der Waals surface area contributed by atoms with Gasteiger partial charge in [0.2, 0.25) is 0 Å². The molecule has 0 spiro atoms. The van der Waals surface area contributed by atoms with Crippen molar-refractivity contribution in [2.45, 2.75) is 33.2 Å². The molecule has 3 heteroatoms. The second kappa shape index (κ2) is 7.44. The second-order valence-electron chi connectivity index (χ2n) is 5.36. The minimum absolute atomic E-state index is 0.279. The first-order valence-corrected chi connectivity index (χ1v) is 8.43. The summed E-state index contributed by atoms with van der Waals surface area (Å²) in [5, 5.41) is 4.43. The molecule has 1 atom stereocenters. The molecule has 0 fully saturated rings. The lowest BCUT2D eigenvalue weighted by Gasteiger charge is -2.22. The summed E-state index contributed by atoms with van der Waals surface area (Å²) in [4.78, 5) is 0. The molecule has 112 valence electrons. The Labute approximate surface area is 140 Å². The Kier molecular flexibility index (Phi) is 5.86. The molecule has 2 aromatic carbocycles. The van der Waals surface area contributed by atoms with Crippen molar-refractivity contribution in [1.29, 1.82) is 0 Å². The lowest BCUT2D eigenvalue weighted by molar-refractivity contribution is 0.547. The zero-order chi connectivity index (χ0) is 15.4. The summed E-state index contributed by atoms with van der Waals surface area (Å²) in [5.41, 5.74) is 5.09. The highest BCUT2D eigenvalue weighted by Crippen LogP contribution is 2.29. The van der Waals surface area contributed by atoms with E-state index >= 15 is 0 Å². The number of likely N-dealkylation sites (N-methyl/N-ethyl adjacent to an activating group) is 1. The minimum Gasteiger partial charge on any atom is -0.310 e. The summed E-state index contributed by atoms with van der Waals surface area (Å²) in [6.07, 6.45) is 0.898. The van der Waals surface area contributed by atoms with Crippen molar-refractivity contribution in [1.82, 2.24) is 5.32 Å². The van der Waals surface area contributed by atoms with E-state index in [1.54, 1.807) is 0 Å². The van der Waals surface area contributed by atoms with Gasteiger partial charge in [-0.1, -0.05) is 58.7 Å². The zero-order valence-corrected chi connectivity index (χ0v) is 15.1. The SMILES string of the molecule is CCNC(Cc1ccccc1Cl)c1cc(C)c(Br)cc1C. The molecule has 0 radical (unpaired) electrons. The van der Waals surface area contributed by atoms with Crippen LogP contribution in [-0.4, -0.2) is 6.54 Å². The van der Waals surface area contributed by atoms with Gasteiger partial charge in [0.05, 0.1) is 0 Å². The van der Waals surface area contributed by atoms with E-state index in [4.69, 9.17) is 11.6 Å². The van der Waals surface area contributed by atoms with Crippen molar-refractivity contribution >= 4 is 27.5 Å². The average Bonchev–Trinajstić information content (AvgIpc) is 2.45. The molecule has 2 aromatic rings. The second-order valence-corrected chi connectivity index (χ2v) is 6.63. The van der Waals surface area contributed by atoms with Crippen LogP contribution in [0.2, 0.25) is 5.02 Å². The quantitative estimate of drug-likeness (QED) is 0.725. The van der Waals surface area contributed by atoms with Crippen molar-refractivity contribution in [3.8, 4) is 0 Å². The van der Waals surface area contributed by atoms with Gasteiger partial charge in [-0.3, -0.25) is 0 Å². The Balaban J connectivity index is 2.35. The van der Waals surface area contributed by atoms with E-state index in [9.17, 15) is 0 Å². The predicted molar refractivity (Wildman–Crippen MR) is 95.2 cm³/mol. The van der Waals surface area contributed by atoms with Crippen LogP contribution in [0.5, 0.6) is 0 Å². The van der Waals surface area contributed by atoms with Crippen molar-refractivity contribution in [2.75, 3.05) is 6.54 Å². The van der Waals surface area contributed by atoms with Crippen LogP contribution in [0.15, 0.2) is 40.9 Å². The maximum absolute atomic E-state index is 6.32. The van der Waals surface area contributed by atoms with Crippen molar-refractivity contribution < 1.29 is 0 Å². The molecule has 0 aliphatic rings. The van der Waals surface area contributed by atoms with Crippen molar-refractivity contribution in [2.24, 2.45) is 0 Å². The molecule has 2 rings (SSSR count). The molecule has 1 N–H and O–H groups in total. The van der Waals surface area contributed by atoms with Gasteiger partial charge < -0.3 is 5.32 Å². The number of nitrogens with one attached hydrogen (secondary N) is 1. The van der Waals surface area contributed by atoms with Crippen LogP contribution in [0.25, 0.3) is 0 Å². The van der Waals surface area contributed by atoms with Gasteiger partial charge in [0.15, 0.2) is 0 Å². The van der Waals surface area contributed by atoms with E-state index in [-0.39, 0.29) is 6.04 Å². The zero-order valence-electron chi connectivity index (χ0n) is 12.7. The number of hydrogen-bond acceptors (Lipinski definition) is 1. The van der Waals surface area contributed by atoms with Gasteiger partial charge in [0, 0.05) is 15.5 Å². The third-order valence-electron chi connectivity index (χ3n) is 3.76. The largest absolute Gasteiger partial charge is 0.310 e. The Morgan fingerprint density at radius 3 is 2.52 bits per heavy atom. The fraction of sp³-hybridized carbons (Fsp3) is 0.333. The van der Waals surface area contributed by atoms with E-state index in [1.807, 2.05) is 18.2 Å². The number of aryl methyl sites for hydroxylation is 2. The van der Waals surface area contributed by atoms with Crippen LogP contribution in [0.3, 0.4) is 0 Å². The minimum atomic E-state index is 0.279. The van der Waals surface area contributed by atoms with E-state index in [0.717, 1.165) is 22.5 Å². The topological polar surface area (TPSA) is 12.0 Å². The van der Waals surface area contributed by atoms with Crippen LogP contribution in [-0.2, 0) is 6.42 Å². The summed E-state index contributed by atoms with van der Waals surface area (Å²) >= 11 is 9.92. The maximum Gasteiger partial charge on any atom is 0.0438 e. The lowest BCUT2D eigenvalue weighted by atomic mass is 9.94. The smallest absolute Gasteiger partial charge is 0.0438 e. The highest BCUT2D eigenvalue weighted by Gasteiger charge is 2.16. The number of benzene rings is 2. The van der Waals surface area contributed by atoms with E-state index in [2.05, 4.69) is 60.2 Å². The standard InChI is InChI=1S/C18H21BrClN/c1-4-21-18(11-14-7-5-6-8-17(14)20)15-9-13(3)16(19)10-12(15)2/h5-10,18,21H,4,11H2,1-3H3. The lowest BCUT2D eigenvalue weighted by Crippen LogP contribution is -2.24. The third kappa shape index (κ3) is 4.09. The van der Waals surface area contributed by atoms with Crippen molar-refractivity contribution in [3.63, 3.8) is 0 Å². The van der Waals surface area contributed by atoms with Crippen LogP contribution in [0.1, 0.15) is 35.2 Å². The molecule has 0 heterocycles. The summed E-state index contributed by atoms with van der Waals surface area (Å²) in [6.45, 7) is 7.37. The predicted octanol–water partition coefficient (Wildman–Crippen LogP) is 5.61. The number of rotatable bonds is 5. The van der Waals surface area contributed by atoms with Gasteiger partial charge in [0.1, 0.15) is 0 Å². The Morgan fingerprint density at radius 1 is 1.14 bits per heavy atom. The van der Waals surface area contributed by atoms with Gasteiger partial charge in [-0.25, -0.2) is 0 Å². The Morgan fingerprint density at radius 2 is 1.86 bits per heavy atom. The fourth-order valence-electron chi connectivity index (χ4n) is 2.60. The van der Waals surface area contributed by atoms with Crippen molar-refractivity contribution in [3.05, 3.63) is 68.1 Å². The normalized spacial score (nSPS) is 12.4. The molecule has 0 saturated carbocycles. The molecule has 0 aliphatic carbocycles. The Bertz CT molecular complexity index is 625. The molecule has 0 aliphatic heterocycles. The highest BCUT2D eigenvalue weighted by atomic mass is 79.9. The van der Waals surface area contributed by atoms with E-state index in [1.165, 1.54) is 22.3 Å². The molecule has 0 saturated heterocycles. The maximum atomic E-state index is 6.32.